The highest BCUT2D eigenvalue weighted by atomic mass is 79.9. The molecule has 110 valence electrons. The lowest BCUT2D eigenvalue weighted by atomic mass is 9.74. The van der Waals surface area contributed by atoms with Crippen LogP contribution in [-0.4, -0.2) is 18.0 Å². The van der Waals surface area contributed by atoms with E-state index in [4.69, 9.17) is 0 Å². The van der Waals surface area contributed by atoms with Crippen LogP contribution in [0.5, 0.6) is 0 Å². The van der Waals surface area contributed by atoms with E-state index in [2.05, 4.69) is 34.7 Å². The summed E-state index contributed by atoms with van der Waals surface area (Å²) in [4.78, 5) is 13.1. The molecule has 0 unspecified atom stereocenters. The van der Waals surface area contributed by atoms with E-state index in [-0.39, 0.29) is 10.6 Å². The van der Waals surface area contributed by atoms with E-state index >= 15 is 0 Å². The van der Waals surface area contributed by atoms with Crippen molar-refractivity contribution in [3.05, 3.63) is 32.8 Å². The number of anilines is 1. The van der Waals surface area contributed by atoms with Gasteiger partial charge in [0, 0.05) is 23.6 Å². The van der Waals surface area contributed by atoms with E-state index in [1.165, 1.54) is 12.8 Å². The molecule has 1 aromatic carbocycles. The second-order valence-electron chi connectivity index (χ2n) is 5.58. The normalized spacial score (nSPS) is 18.1. The number of hydrogen-bond acceptors (Lipinski definition) is 3. The number of nitro benzene ring substituents is 1. The van der Waals surface area contributed by atoms with Crippen LogP contribution in [0.4, 0.5) is 11.4 Å². The molecule has 0 N–H and O–H groups in total. The highest BCUT2D eigenvalue weighted by molar-refractivity contribution is 9.10. The zero-order valence-corrected chi connectivity index (χ0v) is 13.6. The van der Waals surface area contributed by atoms with Crippen molar-refractivity contribution in [2.75, 3.05) is 18.0 Å². The summed E-state index contributed by atoms with van der Waals surface area (Å²) in [5.74, 6) is 0. The van der Waals surface area contributed by atoms with Crippen LogP contribution >= 0.6 is 15.9 Å². The molecule has 0 amide bonds. The SMILES string of the molecule is CCC1(CC)CCN(c2ccc(Br)cc2[N+](=O)[O-])CC1. The zero-order chi connectivity index (χ0) is 14.8. The van der Waals surface area contributed by atoms with E-state index in [9.17, 15) is 10.1 Å². The summed E-state index contributed by atoms with van der Waals surface area (Å²) in [5.41, 5.74) is 1.37. The average Bonchev–Trinajstić information content (AvgIpc) is 2.47. The lowest BCUT2D eigenvalue weighted by Gasteiger charge is -2.41. The molecule has 20 heavy (non-hydrogen) atoms. The number of piperidine rings is 1. The van der Waals surface area contributed by atoms with Gasteiger partial charge in [-0.1, -0.05) is 42.6 Å². The number of nitro groups is 1. The second-order valence-corrected chi connectivity index (χ2v) is 6.50. The van der Waals surface area contributed by atoms with Crippen LogP contribution in [-0.2, 0) is 0 Å². The third-order valence-corrected chi connectivity index (χ3v) is 5.29. The molecule has 1 aromatic rings. The van der Waals surface area contributed by atoms with Gasteiger partial charge in [0.1, 0.15) is 5.69 Å². The molecule has 1 fully saturated rings. The van der Waals surface area contributed by atoms with E-state index < -0.39 is 0 Å². The fourth-order valence-electron chi connectivity index (χ4n) is 3.09. The Morgan fingerprint density at radius 1 is 1.30 bits per heavy atom. The maximum absolute atomic E-state index is 11.2. The number of rotatable bonds is 4. The van der Waals surface area contributed by atoms with Crippen molar-refractivity contribution in [3.63, 3.8) is 0 Å². The van der Waals surface area contributed by atoms with Gasteiger partial charge in [0.15, 0.2) is 0 Å². The van der Waals surface area contributed by atoms with Crippen molar-refractivity contribution in [2.45, 2.75) is 39.5 Å². The minimum absolute atomic E-state index is 0.194. The third-order valence-electron chi connectivity index (χ3n) is 4.80. The topological polar surface area (TPSA) is 46.4 Å². The minimum atomic E-state index is -0.290. The summed E-state index contributed by atoms with van der Waals surface area (Å²) in [6.07, 6.45) is 4.62. The molecular weight excluding hydrogens is 320 g/mol. The van der Waals surface area contributed by atoms with Crippen molar-refractivity contribution >= 4 is 27.3 Å². The molecule has 0 atom stereocenters. The summed E-state index contributed by atoms with van der Waals surface area (Å²) in [6.45, 7) is 6.32. The van der Waals surface area contributed by atoms with Crippen LogP contribution in [0.2, 0.25) is 0 Å². The highest BCUT2D eigenvalue weighted by Gasteiger charge is 2.33. The Labute approximate surface area is 128 Å². The molecule has 5 heteroatoms. The summed E-state index contributed by atoms with van der Waals surface area (Å²) < 4.78 is 0.751. The van der Waals surface area contributed by atoms with Crippen LogP contribution in [0.3, 0.4) is 0 Å². The Hall–Kier alpha value is -1.10. The summed E-state index contributed by atoms with van der Waals surface area (Å²) >= 11 is 3.31. The van der Waals surface area contributed by atoms with Gasteiger partial charge >= 0.3 is 0 Å². The maximum atomic E-state index is 11.2. The zero-order valence-electron chi connectivity index (χ0n) is 12.1. The number of hydrogen-bond donors (Lipinski definition) is 0. The van der Waals surface area contributed by atoms with Crippen molar-refractivity contribution in [1.29, 1.82) is 0 Å². The Kier molecular flexibility index (Phi) is 4.68. The molecule has 0 aliphatic carbocycles. The number of halogens is 1. The molecule has 0 bridgehead atoms. The molecule has 0 saturated carbocycles. The van der Waals surface area contributed by atoms with Crippen molar-refractivity contribution < 1.29 is 4.92 Å². The quantitative estimate of drug-likeness (QED) is 0.586. The van der Waals surface area contributed by atoms with Gasteiger partial charge in [-0.3, -0.25) is 10.1 Å². The molecule has 1 aliphatic rings. The third kappa shape index (κ3) is 2.97. The standard InChI is InChI=1S/C15H21BrN2O2/c1-3-15(4-2)7-9-17(10-8-15)13-6-5-12(16)11-14(13)18(19)20/h5-6,11H,3-4,7-10H2,1-2H3. The molecule has 0 spiro atoms. The van der Waals surface area contributed by atoms with Crippen LogP contribution in [0.1, 0.15) is 39.5 Å². The Morgan fingerprint density at radius 3 is 2.40 bits per heavy atom. The monoisotopic (exact) mass is 340 g/mol. The van der Waals surface area contributed by atoms with E-state index in [1.807, 2.05) is 12.1 Å². The fraction of sp³-hybridized carbons (Fsp3) is 0.600. The van der Waals surface area contributed by atoms with Gasteiger partial charge in [-0.05, 0) is 30.4 Å². The molecule has 0 radical (unpaired) electrons. The Balaban J connectivity index is 2.21. The molecule has 4 nitrogen and oxygen atoms in total. The highest BCUT2D eigenvalue weighted by Crippen LogP contribution is 2.41. The number of benzene rings is 1. The summed E-state index contributed by atoms with van der Waals surface area (Å²) in [7, 11) is 0. The first-order chi connectivity index (χ1) is 9.51. The molecule has 1 aliphatic heterocycles. The van der Waals surface area contributed by atoms with Gasteiger partial charge in [-0.2, -0.15) is 0 Å². The van der Waals surface area contributed by atoms with Gasteiger partial charge in [0.25, 0.3) is 5.69 Å². The van der Waals surface area contributed by atoms with E-state index in [1.54, 1.807) is 6.07 Å². The maximum Gasteiger partial charge on any atom is 0.293 e. The molecule has 1 saturated heterocycles. The van der Waals surface area contributed by atoms with Crippen LogP contribution in [0, 0.1) is 15.5 Å². The van der Waals surface area contributed by atoms with Gasteiger partial charge in [-0.25, -0.2) is 0 Å². The first kappa shape index (κ1) is 15.3. The Morgan fingerprint density at radius 2 is 1.90 bits per heavy atom. The molecule has 0 aromatic heterocycles. The van der Waals surface area contributed by atoms with Crippen molar-refractivity contribution in [1.82, 2.24) is 0 Å². The summed E-state index contributed by atoms with van der Waals surface area (Å²) in [6, 6.07) is 5.33. The van der Waals surface area contributed by atoms with Gasteiger partial charge < -0.3 is 4.90 Å². The Bertz CT molecular complexity index is 491. The molecule has 1 heterocycles. The lowest BCUT2D eigenvalue weighted by molar-refractivity contribution is -0.384. The largest absolute Gasteiger partial charge is 0.366 e. The van der Waals surface area contributed by atoms with Crippen LogP contribution < -0.4 is 4.90 Å². The predicted octanol–water partition coefficient (Wildman–Crippen LogP) is 4.76. The van der Waals surface area contributed by atoms with Crippen LogP contribution in [0.15, 0.2) is 22.7 Å². The second kappa shape index (κ2) is 6.12. The van der Waals surface area contributed by atoms with Gasteiger partial charge in [0.2, 0.25) is 0 Å². The predicted molar refractivity (Wildman–Crippen MR) is 85.3 cm³/mol. The van der Waals surface area contributed by atoms with E-state index in [0.717, 1.165) is 36.1 Å². The number of nitrogens with zero attached hydrogens (tertiary/aromatic N) is 2. The van der Waals surface area contributed by atoms with Gasteiger partial charge in [0.05, 0.1) is 4.92 Å². The first-order valence-corrected chi connectivity index (χ1v) is 7.99. The van der Waals surface area contributed by atoms with Crippen LogP contribution in [0.25, 0.3) is 0 Å². The molecule has 2 rings (SSSR count). The first-order valence-electron chi connectivity index (χ1n) is 7.20. The van der Waals surface area contributed by atoms with Crippen molar-refractivity contribution in [3.8, 4) is 0 Å². The fourth-order valence-corrected chi connectivity index (χ4v) is 3.44. The minimum Gasteiger partial charge on any atom is -0.366 e. The van der Waals surface area contributed by atoms with Crippen molar-refractivity contribution in [2.24, 2.45) is 5.41 Å². The van der Waals surface area contributed by atoms with Gasteiger partial charge in [-0.15, -0.1) is 0 Å². The van der Waals surface area contributed by atoms with E-state index in [0.29, 0.717) is 5.41 Å². The smallest absolute Gasteiger partial charge is 0.293 e. The molecular formula is C15H21BrN2O2. The lowest BCUT2D eigenvalue weighted by Crippen LogP contribution is -2.39. The summed E-state index contributed by atoms with van der Waals surface area (Å²) in [5, 5.41) is 11.2. The average molecular weight is 341 g/mol.